The molecule has 1 rings (SSSR count). The van der Waals surface area contributed by atoms with Crippen LogP contribution in [0.1, 0.15) is 18.4 Å². The van der Waals surface area contributed by atoms with Gasteiger partial charge in [-0.1, -0.05) is 41.8 Å². The molecule has 0 amide bonds. The van der Waals surface area contributed by atoms with Crippen molar-refractivity contribution in [3.05, 3.63) is 54.6 Å². The fourth-order valence-electron chi connectivity index (χ4n) is 1.82. The molecule has 0 aliphatic rings. The van der Waals surface area contributed by atoms with Crippen LogP contribution in [0.15, 0.2) is 54.0 Å². The summed E-state index contributed by atoms with van der Waals surface area (Å²) >= 11 is 0. The van der Waals surface area contributed by atoms with Gasteiger partial charge in [0.15, 0.2) is 0 Å². The fraction of sp³-hybridized carbons (Fsp3) is 0.294. The molecule has 0 fully saturated rings. The summed E-state index contributed by atoms with van der Waals surface area (Å²) in [6.45, 7) is 9.73. The van der Waals surface area contributed by atoms with Crippen LogP contribution in [0.2, 0.25) is 0 Å². The number of allylic oxidation sites excluding steroid dienone is 1. The van der Waals surface area contributed by atoms with Crippen molar-refractivity contribution in [2.45, 2.75) is 24.7 Å². The second kappa shape index (κ2) is 7.82. The maximum Gasteiger partial charge on any atom is 0.244 e. The largest absolute Gasteiger partial charge is 0.244 e. The number of aryl methyl sites for hydroxylation is 1. The molecule has 0 saturated heterocycles. The molecular formula is C17H21NO2S. The van der Waals surface area contributed by atoms with Crippen molar-refractivity contribution in [1.29, 1.82) is 0 Å². The van der Waals surface area contributed by atoms with Gasteiger partial charge < -0.3 is 0 Å². The minimum Gasteiger partial charge on any atom is -0.207 e. The Morgan fingerprint density at radius 1 is 1.38 bits per heavy atom. The van der Waals surface area contributed by atoms with E-state index in [9.17, 15) is 8.42 Å². The van der Waals surface area contributed by atoms with Gasteiger partial charge in [0, 0.05) is 6.54 Å². The molecule has 4 heteroatoms. The molecule has 0 unspecified atom stereocenters. The lowest BCUT2D eigenvalue weighted by Gasteiger charge is -2.21. The number of hydrogen-bond donors (Lipinski definition) is 0. The van der Waals surface area contributed by atoms with Gasteiger partial charge in [0.2, 0.25) is 10.0 Å². The highest BCUT2D eigenvalue weighted by Gasteiger charge is 2.23. The van der Waals surface area contributed by atoms with Gasteiger partial charge in [0.25, 0.3) is 0 Å². The van der Waals surface area contributed by atoms with Crippen LogP contribution >= 0.6 is 0 Å². The van der Waals surface area contributed by atoms with Crippen molar-refractivity contribution in [3.63, 3.8) is 0 Å². The third kappa shape index (κ3) is 4.89. The zero-order valence-electron chi connectivity index (χ0n) is 12.4. The monoisotopic (exact) mass is 303 g/mol. The standard InChI is InChI=1S/C17H21NO2S/c1-5-7-8-16(4)14-18(13-6-2)21(19,20)17-11-9-15(3)10-12-17/h2,5,9-12H,1,4,7-8,13-14H2,3H3. The van der Waals surface area contributed by atoms with E-state index in [0.717, 1.165) is 17.6 Å². The van der Waals surface area contributed by atoms with Crippen molar-refractivity contribution in [3.8, 4) is 12.3 Å². The van der Waals surface area contributed by atoms with E-state index in [1.54, 1.807) is 30.3 Å². The molecule has 0 saturated carbocycles. The Bertz CT molecular complexity index is 636. The molecule has 21 heavy (non-hydrogen) atoms. The summed E-state index contributed by atoms with van der Waals surface area (Å²) in [4.78, 5) is 0.250. The van der Waals surface area contributed by atoms with Crippen molar-refractivity contribution in [1.82, 2.24) is 4.31 Å². The Labute approximate surface area is 128 Å². The smallest absolute Gasteiger partial charge is 0.207 e. The van der Waals surface area contributed by atoms with Crippen molar-refractivity contribution >= 4 is 10.0 Å². The Balaban J connectivity index is 2.98. The van der Waals surface area contributed by atoms with Gasteiger partial charge in [-0.3, -0.25) is 0 Å². The maximum absolute atomic E-state index is 12.6. The van der Waals surface area contributed by atoms with E-state index in [1.807, 2.05) is 6.92 Å². The Morgan fingerprint density at radius 3 is 2.52 bits per heavy atom. The van der Waals surface area contributed by atoms with Gasteiger partial charge in [0.05, 0.1) is 11.4 Å². The molecule has 1 aromatic rings. The minimum atomic E-state index is -3.60. The van der Waals surface area contributed by atoms with Crippen molar-refractivity contribution in [2.75, 3.05) is 13.1 Å². The summed E-state index contributed by atoms with van der Waals surface area (Å²) < 4.78 is 26.5. The van der Waals surface area contributed by atoms with E-state index in [1.165, 1.54) is 4.31 Å². The maximum atomic E-state index is 12.6. The van der Waals surface area contributed by atoms with Gasteiger partial charge in [-0.2, -0.15) is 4.31 Å². The van der Waals surface area contributed by atoms with Crippen molar-refractivity contribution < 1.29 is 8.42 Å². The fourth-order valence-corrected chi connectivity index (χ4v) is 3.20. The van der Waals surface area contributed by atoms with Crippen molar-refractivity contribution in [2.24, 2.45) is 0 Å². The van der Waals surface area contributed by atoms with E-state index in [-0.39, 0.29) is 18.0 Å². The Morgan fingerprint density at radius 2 is 2.00 bits per heavy atom. The molecule has 0 heterocycles. The number of benzene rings is 1. The number of rotatable bonds is 8. The molecule has 0 aromatic heterocycles. The van der Waals surface area contributed by atoms with Gasteiger partial charge in [-0.25, -0.2) is 8.42 Å². The van der Waals surface area contributed by atoms with Crippen LogP contribution in [0.3, 0.4) is 0 Å². The zero-order chi connectivity index (χ0) is 15.9. The average Bonchev–Trinajstić information content (AvgIpc) is 2.45. The van der Waals surface area contributed by atoms with E-state index < -0.39 is 10.0 Å². The second-order valence-corrected chi connectivity index (χ2v) is 6.81. The van der Waals surface area contributed by atoms with Gasteiger partial charge in [0.1, 0.15) is 0 Å². The first-order valence-corrected chi connectivity index (χ1v) is 8.13. The summed E-state index contributed by atoms with van der Waals surface area (Å²) in [5, 5.41) is 0. The van der Waals surface area contributed by atoms with Crippen LogP contribution in [-0.2, 0) is 10.0 Å². The number of hydrogen-bond acceptors (Lipinski definition) is 2. The molecule has 1 aromatic carbocycles. The summed E-state index contributed by atoms with van der Waals surface area (Å²) in [5.74, 6) is 2.40. The van der Waals surface area contributed by atoms with Crippen LogP contribution < -0.4 is 0 Å². The highest BCUT2D eigenvalue weighted by molar-refractivity contribution is 7.89. The lowest BCUT2D eigenvalue weighted by atomic mass is 10.1. The molecular weight excluding hydrogens is 282 g/mol. The van der Waals surface area contributed by atoms with Gasteiger partial charge in [-0.15, -0.1) is 13.0 Å². The normalized spacial score (nSPS) is 11.1. The third-order valence-corrected chi connectivity index (χ3v) is 4.83. The first-order valence-electron chi connectivity index (χ1n) is 6.69. The predicted molar refractivity (Wildman–Crippen MR) is 87.3 cm³/mol. The lowest BCUT2D eigenvalue weighted by Crippen LogP contribution is -2.33. The summed E-state index contributed by atoms with van der Waals surface area (Å²) in [5.41, 5.74) is 1.83. The van der Waals surface area contributed by atoms with E-state index in [0.29, 0.717) is 6.42 Å². The average molecular weight is 303 g/mol. The predicted octanol–water partition coefficient (Wildman–Crippen LogP) is 3.14. The highest BCUT2D eigenvalue weighted by atomic mass is 32.2. The quantitative estimate of drug-likeness (QED) is 0.546. The number of terminal acetylenes is 1. The molecule has 0 aliphatic carbocycles. The highest BCUT2D eigenvalue weighted by Crippen LogP contribution is 2.18. The van der Waals surface area contributed by atoms with E-state index >= 15 is 0 Å². The third-order valence-electron chi connectivity index (χ3n) is 3.03. The minimum absolute atomic E-state index is 0.0311. The summed E-state index contributed by atoms with van der Waals surface area (Å²) in [7, 11) is -3.60. The molecule has 3 nitrogen and oxygen atoms in total. The zero-order valence-corrected chi connectivity index (χ0v) is 13.2. The first kappa shape index (κ1) is 17.2. The van der Waals surface area contributed by atoms with E-state index in [4.69, 9.17) is 6.42 Å². The molecule has 112 valence electrons. The number of nitrogens with zero attached hydrogens (tertiary/aromatic N) is 1. The number of sulfonamides is 1. The topological polar surface area (TPSA) is 37.4 Å². The van der Waals surface area contributed by atoms with Crippen LogP contribution in [0.4, 0.5) is 0 Å². The Kier molecular flexibility index (Phi) is 6.41. The van der Waals surface area contributed by atoms with Crippen LogP contribution in [0, 0.1) is 19.3 Å². The lowest BCUT2D eigenvalue weighted by molar-refractivity contribution is 0.467. The molecule has 0 spiro atoms. The second-order valence-electron chi connectivity index (χ2n) is 4.87. The molecule has 0 N–H and O–H groups in total. The van der Waals surface area contributed by atoms with Gasteiger partial charge >= 0.3 is 0 Å². The SMILES string of the molecule is C#CCN(CC(=C)CCC=C)S(=O)(=O)c1ccc(C)cc1. The molecule has 0 atom stereocenters. The van der Waals surface area contributed by atoms with Crippen LogP contribution in [0.25, 0.3) is 0 Å². The van der Waals surface area contributed by atoms with Gasteiger partial charge in [-0.05, 0) is 31.9 Å². The van der Waals surface area contributed by atoms with Crippen LogP contribution in [0.5, 0.6) is 0 Å². The first-order chi connectivity index (χ1) is 9.91. The van der Waals surface area contributed by atoms with Crippen LogP contribution in [-0.4, -0.2) is 25.8 Å². The van der Waals surface area contributed by atoms with E-state index in [2.05, 4.69) is 19.1 Å². The Hall–Kier alpha value is -1.83. The molecule has 0 radical (unpaired) electrons. The molecule has 0 bridgehead atoms. The summed E-state index contributed by atoms with van der Waals surface area (Å²) in [6.07, 6.45) is 8.56. The summed E-state index contributed by atoms with van der Waals surface area (Å²) in [6, 6.07) is 6.74. The molecule has 0 aliphatic heterocycles.